The van der Waals surface area contributed by atoms with Crippen LogP contribution in [0, 0.1) is 6.92 Å². The summed E-state index contributed by atoms with van der Waals surface area (Å²) < 4.78 is 0.345. The van der Waals surface area contributed by atoms with Gasteiger partial charge in [0.2, 0.25) is 5.28 Å². The molecule has 0 saturated heterocycles. The number of hydrogen-bond acceptors (Lipinski definition) is 5. The lowest BCUT2D eigenvalue weighted by atomic mass is 9.84. The summed E-state index contributed by atoms with van der Waals surface area (Å²) in [7, 11) is 0. The van der Waals surface area contributed by atoms with Crippen LogP contribution < -0.4 is 11.1 Å². The largest absolute Gasteiger partial charge is 0.394 e. The van der Waals surface area contributed by atoms with Gasteiger partial charge in [-0.2, -0.15) is 16.7 Å². The van der Waals surface area contributed by atoms with E-state index in [1.165, 1.54) is 19.3 Å². The van der Waals surface area contributed by atoms with Crippen molar-refractivity contribution >= 4 is 34.9 Å². The van der Waals surface area contributed by atoms with Gasteiger partial charge in [0.05, 0.1) is 11.4 Å². The van der Waals surface area contributed by atoms with Crippen LogP contribution >= 0.6 is 23.4 Å². The molecule has 1 heterocycles. The zero-order chi connectivity index (χ0) is 12.5. The molecule has 0 unspecified atom stereocenters. The van der Waals surface area contributed by atoms with Gasteiger partial charge in [0.15, 0.2) is 5.82 Å². The third-order valence-corrected chi connectivity index (χ3v) is 4.97. The Morgan fingerprint density at radius 3 is 2.71 bits per heavy atom. The molecule has 0 aliphatic heterocycles. The fraction of sp³-hybridized carbons (Fsp3) is 0.636. The van der Waals surface area contributed by atoms with Gasteiger partial charge in [0, 0.05) is 11.3 Å². The number of aryl methyl sites for hydroxylation is 1. The van der Waals surface area contributed by atoms with Gasteiger partial charge in [-0.1, -0.05) is 6.42 Å². The summed E-state index contributed by atoms with van der Waals surface area (Å²) in [4.78, 5) is 8.15. The SMILES string of the molecule is CSC1(CNc2nc(Cl)nc(C)c2N)CCC1. The highest BCUT2D eigenvalue weighted by atomic mass is 35.5. The highest BCUT2D eigenvalue weighted by Crippen LogP contribution is 2.42. The molecule has 0 spiro atoms. The predicted molar refractivity (Wildman–Crippen MR) is 74.8 cm³/mol. The lowest BCUT2D eigenvalue weighted by Crippen LogP contribution is -2.40. The second kappa shape index (κ2) is 4.90. The van der Waals surface area contributed by atoms with Crippen LogP contribution in [0.2, 0.25) is 5.28 Å². The maximum atomic E-state index is 5.93. The molecule has 4 nitrogen and oxygen atoms in total. The van der Waals surface area contributed by atoms with Gasteiger partial charge in [-0.05, 0) is 37.6 Å². The number of anilines is 2. The molecule has 6 heteroatoms. The second-order valence-corrected chi connectivity index (χ2v) is 6.05. The fourth-order valence-electron chi connectivity index (χ4n) is 1.95. The third kappa shape index (κ3) is 2.60. The van der Waals surface area contributed by atoms with Gasteiger partial charge in [-0.15, -0.1) is 0 Å². The number of aromatic nitrogens is 2. The minimum atomic E-state index is 0.242. The molecule has 0 amide bonds. The highest BCUT2D eigenvalue weighted by Gasteiger charge is 2.36. The topological polar surface area (TPSA) is 63.8 Å². The maximum absolute atomic E-state index is 5.93. The first-order valence-electron chi connectivity index (χ1n) is 5.65. The van der Waals surface area contributed by atoms with E-state index < -0.39 is 0 Å². The highest BCUT2D eigenvalue weighted by molar-refractivity contribution is 8.00. The van der Waals surface area contributed by atoms with Crippen molar-refractivity contribution < 1.29 is 0 Å². The molecule has 1 aliphatic rings. The van der Waals surface area contributed by atoms with E-state index in [1.807, 2.05) is 18.7 Å². The van der Waals surface area contributed by atoms with Gasteiger partial charge in [-0.3, -0.25) is 0 Å². The van der Waals surface area contributed by atoms with E-state index in [9.17, 15) is 0 Å². The summed E-state index contributed by atoms with van der Waals surface area (Å²) in [5, 5.41) is 3.55. The van der Waals surface area contributed by atoms with E-state index in [2.05, 4.69) is 21.5 Å². The van der Waals surface area contributed by atoms with Crippen molar-refractivity contribution in [1.82, 2.24) is 9.97 Å². The monoisotopic (exact) mass is 272 g/mol. The Morgan fingerprint density at radius 2 is 2.18 bits per heavy atom. The zero-order valence-electron chi connectivity index (χ0n) is 10.1. The third-order valence-electron chi connectivity index (χ3n) is 3.38. The van der Waals surface area contributed by atoms with Crippen LogP contribution in [-0.4, -0.2) is 27.5 Å². The quantitative estimate of drug-likeness (QED) is 0.825. The molecule has 17 heavy (non-hydrogen) atoms. The molecule has 0 aromatic carbocycles. The zero-order valence-corrected chi connectivity index (χ0v) is 11.7. The van der Waals surface area contributed by atoms with Crippen LogP contribution in [0.25, 0.3) is 0 Å². The fourth-order valence-corrected chi connectivity index (χ4v) is 3.08. The van der Waals surface area contributed by atoms with Crippen LogP contribution in [0.15, 0.2) is 0 Å². The van der Waals surface area contributed by atoms with Crippen molar-refractivity contribution in [2.75, 3.05) is 23.9 Å². The minimum absolute atomic E-state index is 0.242. The van der Waals surface area contributed by atoms with Gasteiger partial charge < -0.3 is 11.1 Å². The van der Waals surface area contributed by atoms with E-state index >= 15 is 0 Å². The van der Waals surface area contributed by atoms with E-state index in [-0.39, 0.29) is 5.28 Å². The van der Waals surface area contributed by atoms with Crippen LogP contribution in [0.5, 0.6) is 0 Å². The molecular formula is C11H17ClN4S. The lowest BCUT2D eigenvalue weighted by Gasteiger charge is -2.40. The van der Waals surface area contributed by atoms with E-state index in [0.717, 1.165) is 12.2 Å². The molecule has 2 rings (SSSR count). The molecule has 0 radical (unpaired) electrons. The number of nitrogens with zero attached hydrogens (tertiary/aromatic N) is 2. The van der Waals surface area contributed by atoms with Crippen molar-refractivity contribution in [3.05, 3.63) is 11.0 Å². The van der Waals surface area contributed by atoms with Crippen LogP contribution in [0.3, 0.4) is 0 Å². The Bertz CT molecular complexity index is 415. The van der Waals surface area contributed by atoms with Gasteiger partial charge in [0.1, 0.15) is 0 Å². The second-order valence-electron chi connectivity index (χ2n) is 4.43. The van der Waals surface area contributed by atoms with Crippen LogP contribution in [0.1, 0.15) is 25.0 Å². The van der Waals surface area contributed by atoms with E-state index in [0.29, 0.717) is 16.3 Å². The number of nitrogens with one attached hydrogen (secondary N) is 1. The van der Waals surface area contributed by atoms with Crippen molar-refractivity contribution in [2.45, 2.75) is 30.9 Å². The summed E-state index contributed by atoms with van der Waals surface area (Å²) in [5.74, 6) is 0.655. The number of halogens is 1. The molecule has 1 fully saturated rings. The van der Waals surface area contributed by atoms with Crippen molar-refractivity contribution in [3.8, 4) is 0 Å². The normalized spacial score (nSPS) is 17.6. The molecule has 1 aromatic heterocycles. The Hall–Kier alpha value is -0.680. The smallest absolute Gasteiger partial charge is 0.224 e. The Labute approximate surface area is 111 Å². The molecule has 3 N–H and O–H groups in total. The summed E-state index contributed by atoms with van der Waals surface area (Å²) >= 11 is 7.74. The summed E-state index contributed by atoms with van der Waals surface area (Å²) in [6.07, 6.45) is 5.96. The molecule has 0 bridgehead atoms. The Kier molecular flexibility index (Phi) is 3.68. The van der Waals surface area contributed by atoms with Gasteiger partial charge in [-0.25, -0.2) is 4.98 Å². The van der Waals surface area contributed by atoms with Gasteiger partial charge in [0.25, 0.3) is 0 Å². The predicted octanol–water partition coefficient (Wildman–Crippen LogP) is 2.72. The standard InChI is InChI=1S/C11H17ClN4S/c1-7-8(13)9(16-10(12)15-7)14-6-11(17-2)4-3-5-11/h3-6,13H2,1-2H3,(H,14,15,16). The number of thioether (sulfide) groups is 1. The van der Waals surface area contributed by atoms with Crippen molar-refractivity contribution in [3.63, 3.8) is 0 Å². The van der Waals surface area contributed by atoms with E-state index in [4.69, 9.17) is 17.3 Å². The van der Waals surface area contributed by atoms with Crippen LogP contribution in [-0.2, 0) is 0 Å². The number of nitrogen functional groups attached to an aromatic ring is 1. The molecule has 1 saturated carbocycles. The molecule has 94 valence electrons. The summed E-state index contributed by atoms with van der Waals surface area (Å²) in [6, 6.07) is 0. The maximum Gasteiger partial charge on any atom is 0.224 e. The molecule has 1 aliphatic carbocycles. The summed E-state index contributed by atoms with van der Waals surface area (Å²) in [5.41, 5.74) is 7.24. The first-order chi connectivity index (χ1) is 8.06. The minimum Gasteiger partial charge on any atom is -0.394 e. The average molecular weight is 273 g/mol. The van der Waals surface area contributed by atoms with Gasteiger partial charge >= 0.3 is 0 Å². The first kappa shape index (κ1) is 12.8. The Morgan fingerprint density at radius 1 is 1.47 bits per heavy atom. The molecule has 1 aromatic rings. The number of rotatable bonds is 4. The summed E-state index contributed by atoms with van der Waals surface area (Å²) in [6.45, 7) is 2.72. The van der Waals surface area contributed by atoms with E-state index in [1.54, 1.807) is 0 Å². The first-order valence-corrected chi connectivity index (χ1v) is 7.25. The average Bonchev–Trinajstić information content (AvgIpc) is 2.23. The lowest BCUT2D eigenvalue weighted by molar-refractivity contribution is 0.379. The molecular weight excluding hydrogens is 256 g/mol. The van der Waals surface area contributed by atoms with Crippen molar-refractivity contribution in [1.29, 1.82) is 0 Å². The molecule has 0 atom stereocenters. The Balaban J connectivity index is 2.08. The number of nitrogens with two attached hydrogens (primary N) is 1. The van der Waals surface area contributed by atoms with Crippen molar-refractivity contribution in [2.24, 2.45) is 0 Å². The number of hydrogen-bond donors (Lipinski definition) is 2. The van der Waals surface area contributed by atoms with Crippen LogP contribution in [0.4, 0.5) is 11.5 Å².